The predicted molar refractivity (Wildman–Crippen MR) is 75.2 cm³/mol. The minimum atomic E-state index is -0.127. The highest BCUT2D eigenvalue weighted by molar-refractivity contribution is 6.17. The number of benzene rings is 1. The molecule has 4 heteroatoms. The number of nitrogens with one attached hydrogen (secondary N) is 1. The fraction of sp³-hybridized carbons (Fsp3) is 0.500. The zero-order chi connectivity index (χ0) is 13.4. The van der Waals surface area contributed by atoms with Gasteiger partial charge in [-0.15, -0.1) is 11.6 Å². The number of carbonyl (C=O) groups is 1. The van der Waals surface area contributed by atoms with Gasteiger partial charge in [0.25, 0.3) is 0 Å². The average molecular weight is 270 g/mol. The second-order valence-corrected chi connectivity index (χ2v) is 4.78. The Hall–Kier alpha value is -1.06. The number of alkyl halides is 1. The lowest BCUT2D eigenvalue weighted by molar-refractivity contribution is -0.121. The van der Waals surface area contributed by atoms with Gasteiger partial charge >= 0.3 is 0 Å². The van der Waals surface area contributed by atoms with E-state index in [2.05, 4.69) is 5.32 Å². The van der Waals surface area contributed by atoms with Gasteiger partial charge in [-0.3, -0.25) is 4.79 Å². The summed E-state index contributed by atoms with van der Waals surface area (Å²) in [6.07, 6.45) is 1.93. The number of ether oxygens (including phenoxy) is 1. The van der Waals surface area contributed by atoms with Crippen LogP contribution in [0.3, 0.4) is 0 Å². The van der Waals surface area contributed by atoms with Gasteiger partial charge in [-0.05, 0) is 44.4 Å². The van der Waals surface area contributed by atoms with Crippen LogP contribution < -0.4 is 5.32 Å². The van der Waals surface area contributed by atoms with Gasteiger partial charge in [-0.2, -0.15) is 0 Å². The fourth-order valence-corrected chi connectivity index (χ4v) is 1.65. The Morgan fingerprint density at radius 1 is 1.44 bits per heavy atom. The van der Waals surface area contributed by atoms with Crippen LogP contribution in [0.25, 0.3) is 0 Å². The molecule has 3 nitrogen and oxygen atoms in total. The Balaban J connectivity index is 2.48. The number of amides is 1. The molecule has 0 saturated carbocycles. The zero-order valence-corrected chi connectivity index (χ0v) is 11.7. The fourth-order valence-electron chi connectivity index (χ4n) is 1.51. The maximum absolute atomic E-state index is 11.6. The normalized spacial score (nSPS) is 10.7. The third kappa shape index (κ3) is 6.03. The maximum atomic E-state index is 11.6. The van der Waals surface area contributed by atoms with Crippen LogP contribution in [0.4, 0.5) is 5.69 Å². The Morgan fingerprint density at radius 2 is 2.22 bits per heavy atom. The van der Waals surface area contributed by atoms with Crippen molar-refractivity contribution in [2.75, 3.05) is 17.8 Å². The van der Waals surface area contributed by atoms with E-state index in [0.29, 0.717) is 5.88 Å². The van der Waals surface area contributed by atoms with E-state index in [4.69, 9.17) is 16.3 Å². The Kier molecular flexibility index (Phi) is 6.76. The monoisotopic (exact) mass is 269 g/mol. The Morgan fingerprint density at radius 3 is 2.89 bits per heavy atom. The van der Waals surface area contributed by atoms with Crippen molar-refractivity contribution in [3.05, 3.63) is 29.8 Å². The summed E-state index contributed by atoms with van der Waals surface area (Å²) in [7, 11) is 0. The molecule has 100 valence electrons. The van der Waals surface area contributed by atoms with Crippen molar-refractivity contribution in [1.29, 1.82) is 0 Å². The van der Waals surface area contributed by atoms with Gasteiger partial charge in [-0.25, -0.2) is 0 Å². The van der Waals surface area contributed by atoms with Gasteiger partial charge in [0.2, 0.25) is 5.91 Å². The standard InChI is InChI=1S/C14H20ClNO2/c1-11(2)18-10-14(17)16-13-7-3-5-12(9-13)6-4-8-15/h3,5,7,9,11H,4,6,8,10H2,1-2H3,(H,16,17). The molecule has 0 heterocycles. The molecular weight excluding hydrogens is 250 g/mol. The molecule has 0 radical (unpaired) electrons. The van der Waals surface area contributed by atoms with Crippen molar-refractivity contribution >= 4 is 23.2 Å². The highest BCUT2D eigenvalue weighted by Crippen LogP contribution is 2.12. The summed E-state index contributed by atoms with van der Waals surface area (Å²) < 4.78 is 5.24. The molecule has 0 aliphatic rings. The highest BCUT2D eigenvalue weighted by atomic mass is 35.5. The van der Waals surface area contributed by atoms with Crippen molar-refractivity contribution in [3.63, 3.8) is 0 Å². The van der Waals surface area contributed by atoms with E-state index < -0.39 is 0 Å². The molecule has 0 bridgehead atoms. The largest absolute Gasteiger partial charge is 0.369 e. The lowest BCUT2D eigenvalue weighted by Crippen LogP contribution is -2.20. The minimum Gasteiger partial charge on any atom is -0.369 e. The summed E-state index contributed by atoms with van der Waals surface area (Å²) in [6, 6.07) is 7.81. The molecule has 1 N–H and O–H groups in total. The summed E-state index contributed by atoms with van der Waals surface area (Å²) in [4.78, 5) is 11.6. The van der Waals surface area contributed by atoms with Crippen LogP contribution in [0, 0.1) is 0 Å². The third-order valence-corrected chi connectivity index (χ3v) is 2.62. The molecule has 1 amide bonds. The molecule has 18 heavy (non-hydrogen) atoms. The topological polar surface area (TPSA) is 38.3 Å². The van der Waals surface area contributed by atoms with E-state index in [9.17, 15) is 4.79 Å². The number of carbonyl (C=O) groups excluding carboxylic acids is 1. The molecule has 1 aromatic carbocycles. The SMILES string of the molecule is CC(C)OCC(=O)Nc1cccc(CCCCl)c1. The quantitative estimate of drug-likeness (QED) is 0.772. The van der Waals surface area contributed by atoms with Crippen LogP contribution in [0.15, 0.2) is 24.3 Å². The van der Waals surface area contributed by atoms with E-state index in [-0.39, 0.29) is 18.6 Å². The molecule has 0 aliphatic heterocycles. The van der Waals surface area contributed by atoms with E-state index >= 15 is 0 Å². The number of aryl methyl sites for hydroxylation is 1. The van der Waals surface area contributed by atoms with Crippen molar-refractivity contribution < 1.29 is 9.53 Å². The Labute approximate surface area is 113 Å². The van der Waals surface area contributed by atoms with Crippen molar-refractivity contribution in [1.82, 2.24) is 0 Å². The maximum Gasteiger partial charge on any atom is 0.250 e. The molecule has 0 atom stereocenters. The average Bonchev–Trinajstić information content (AvgIpc) is 2.34. The van der Waals surface area contributed by atoms with Crippen molar-refractivity contribution in [2.24, 2.45) is 0 Å². The molecular formula is C14H20ClNO2. The van der Waals surface area contributed by atoms with Gasteiger partial charge < -0.3 is 10.1 Å². The number of hydrogen-bond acceptors (Lipinski definition) is 2. The van der Waals surface area contributed by atoms with Crippen molar-refractivity contribution in [2.45, 2.75) is 32.8 Å². The number of halogens is 1. The zero-order valence-electron chi connectivity index (χ0n) is 10.9. The summed E-state index contributed by atoms with van der Waals surface area (Å²) in [5.74, 6) is 0.525. The molecule has 0 unspecified atom stereocenters. The summed E-state index contributed by atoms with van der Waals surface area (Å²) in [5.41, 5.74) is 1.98. The lowest BCUT2D eigenvalue weighted by Gasteiger charge is -2.09. The first-order valence-electron chi connectivity index (χ1n) is 6.18. The Bertz CT molecular complexity index is 380. The summed E-state index contributed by atoms with van der Waals surface area (Å²) in [5, 5.41) is 2.82. The predicted octanol–water partition coefficient (Wildman–Crippen LogP) is 3.22. The van der Waals surface area contributed by atoms with E-state index in [0.717, 1.165) is 18.5 Å². The van der Waals surface area contributed by atoms with Crippen LogP contribution in [0.5, 0.6) is 0 Å². The number of anilines is 1. The van der Waals surface area contributed by atoms with E-state index in [1.165, 1.54) is 5.56 Å². The first kappa shape index (κ1) is 15.0. The second kappa shape index (κ2) is 8.11. The first-order chi connectivity index (χ1) is 8.61. The third-order valence-electron chi connectivity index (χ3n) is 2.36. The molecule has 0 fully saturated rings. The van der Waals surface area contributed by atoms with E-state index in [1.54, 1.807) is 0 Å². The number of rotatable bonds is 7. The summed E-state index contributed by atoms with van der Waals surface area (Å²) >= 11 is 5.66. The molecule has 0 spiro atoms. The van der Waals surface area contributed by atoms with Gasteiger partial charge in [0, 0.05) is 11.6 Å². The lowest BCUT2D eigenvalue weighted by atomic mass is 10.1. The van der Waals surface area contributed by atoms with E-state index in [1.807, 2.05) is 38.1 Å². The van der Waals surface area contributed by atoms with Crippen molar-refractivity contribution in [3.8, 4) is 0 Å². The number of hydrogen-bond donors (Lipinski definition) is 1. The summed E-state index contributed by atoms with van der Waals surface area (Å²) in [6.45, 7) is 3.89. The van der Waals surface area contributed by atoms with Crippen LogP contribution >= 0.6 is 11.6 Å². The molecule has 0 aromatic heterocycles. The van der Waals surface area contributed by atoms with Crippen LogP contribution in [0.1, 0.15) is 25.8 Å². The highest BCUT2D eigenvalue weighted by Gasteiger charge is 2.04. The van der Waals surface area contributed by atoms with Gasteiger partial charge in [0.05, 0.1) is 6.10 Å². The second-order valence-electron chi connectivity index (χ2n) is 4.40. The van der Waals surface area contributed by atoms with Gasteiger partial charge in [0.15, 0.2) is 0 Å². The minimum absolute atomic E-state index is 0.0609. The van der Waals surface area contributed by atoms with Crippen LogP contribution in [-0.2, 0) is 16.0 Å². The van der Waals surface area contributed by atoms with Gasteiger partial charge in [0.1, 0.15) is 6.61 Å². The molecule has 1 aromatic rings. The van der Waals surface area contributed by atoms with Crippen LogP contribution in [0.2, 0.25) is 0 Å². The molecule has 0 aliphatic carbocycles. The van der Waals surface area contributed by atoms with Gasteiger partial charge in [-0.1, -0.05) is 12.1 Å². The molecule has 0 saturated heterocycles. The molecule has 1 rings (SSSR count). The van der Waals surface area contributed by atoms with Crippen LogP contribution in [-0.4, -0.2) is 24.5 Å². The smallest absolute Gasteiger partial charge is 0.250 e. The first-order valence-corrected chi connectivity index (χ1v) is 6.71.